The molecule has 0 amide bonds. The Kier molecular flexibility index (Phi) is 4.01. The monoisotopic (exact) mass is 170 g/mol. The number of carbonyl (C=O) groups is 1. The zero-order chi connectivity index (χ0) is 9.78. The maximum atomic E-state index is 11.0. The van der Waals surface area contributed by atoms with Gasteiger partial charge >= 0.3 is 5.97 Å². The van der Waals surface area contributed by atoms with Gasteiger partial charge in [0.25, 0.3) is 0 Å². The van der Waals surface area contributed by atoms with Gasteiger partial charge in [-0.3, -0.25) is 0 Å². The van der Waals surface area contributed by atoms with Crippen molar-refractivity contribution in [2.45, 2.75) is 40.7 Å². The van der Waals surface area contributed by atoms with Gasteiger partial charge in [-0.25, -0.2) is 4.79 Å². The molecule has 2 nitrogen and oxygen atoms in total. The first-order valence-electron chi connectivity index (χ1n) is 4.21. The van der Waals surface area contributed by atoms with Gasteiger partial charge in [-0.15, -0.1) is 0 Å². The van der Waals surface area contributed by atoms with E-state index in [0.717, 1.165) is 0 Å². The minimum absolute atomic E-state index is 0.0112. The molecule has 0 saturated heterocycles. The Balaban J connectivity index is 4.01. The zero-order valence-corrected chi connectivity index (χ0v) is 8.55. The second kappa shape index (κ2) is 4.29. The van der Waals surface area contributed by atoms with Crippen molar-refractivity contribution in [3.05, 3.63) is 12.2 Å². The molecule has 0 aliphatic heterocycles. The third-order valence-corrected chi connectivity index (χ3v) is 1.82. The fourth-order valence-corrected chi connectivity index (χ4v) is 0.526. The standard InChI is InChI=1S/C10H18O2/c1-6-7-9(11)12-8(2)10(3,4)5/h6-8H,1-5H3/b7-6+. The summed E-state index contributed by atoms with van der Waals surface area (Å²) in [6.45, 7) is 9.83. The van der Waals surface area contributed by atoms with Crippen molar-refractivity contribution in [1.82, 2.24) is 0 Å². The molecule has 0 rings (SSSR count). The molecule has 0 fully saturated rings. The quantitative estimate of drug-likeness (QED) is 0.470. The van der Waals surface area contributed by atoms with Gasteiger partial charge < -0.3 is 4.74 Å². The van der Waals surface area contributed by atoms with Crippen molar-refractivity contribution in [2.75, 3.05) is 0 Å². The second-order valence-corrected chi connectivity index (χ2v) is 3.95. The van der Waals surface area contributed by atoms with Crippen LogP contribution in [0, 0.1) is 5.41 Å². The summed E-state index contributed by atoms with van der Waals surface area (Å²) >= 11 is 0. The second-order valence-electron chi connectivity index (χ2n) is 3.95. The van der Waals surface area contributed by atoms with Crippen molar-refractivity contribution < 1.29 is 9.53 Å². The highest BCUT2D eigenvalue weighted by atomic mass is 16.5. The highest BCUT2D eigenvalue weighted by Crippen LogP contribution is 2.21. The van der Waals surface area contributed by atoms with Crippen LogP contribution < -0.4 is 0 Å². The Labute approximate surface area is 74.6 Å². The molecule has 0 N–H and O–H groups in total. The summed E-state index contributed by atoms with van der Waals surface area (Å²) in [4.78, 5) is 11.0. The third kappa shape index (κ3) is 4.16. The van der Waals surface area contributed by atoms with Crippen LogP contribution in [0.2, 0.25) is 0 Å². The maximum Gasteiger partial charge on any atom is 0.330 e. The van der Waals surface area contributed by atoms with E-state index in [1.807, 2.05) is 27.7 Å². The molecule has 0 radical (unpaired) electrons. The maximum absolute atomic E-state index is 11.0. The predicted octanol–water partition coefficient (Wildman–Crippen LogP) is 2.54. The smallest absolute Gasteiger partial charge is 0.330 e. The normalized spacial score (nSPS) is 14.8. The molecule has 0 aromatic carbocycles. The zero-order valence-electron chi connectivity index (χ0n) is 8.55. The van der Waals surface area contributed by atoms with Crippen molar-refractivity contribution in [2.24, 2.45) is 5.41 Å². The lowest BCUT2D eigenvalue weighted by Gasteiger charge is -2.26. The van der Waals surface area contributed by atoms with Crippen LogP contribution in [0.25, 0.3) is 0 Å². The van der Waals surface area contributed by atoms with Crippen molar-refractivity contribution in [1.29, 1.82) is 0 Å². The van der Waals surface area contributed by atoms with Crippen molar-refractivity contribution in [3.8, 4) is 0 Å². The molecule has 0 saturated carbocycles. The van der Waals surface area contributed by atoms with Gasteiger partial charge in [-0.2, -0.15) is 0 Å². The van der Waals surface area contributed by atoms with Gasteiger partial charge in [0.2, 0.25) is 0 Å². The number of esters is 1. The van der Waals surface area contributed by atoms with Gasteiger partial charge in [0.1, 0.15) is 6.10 Å². The molecule has 1 atom stereocenters. The molecule has 2 heteroatoms. The van der Waals surface area contributed by atoms with E-state index in [2.05, 4.69) is 0 Å². The topological polar surface area (TPSA) is 26.3 Å². The first-order chi connectivity index (χ1) is 5.38. The number of hydrogen-bond donors (Lipinski definition) is 0. The van der Waals surface area contributed by atoms with E-state index in [-0.39, 0.29) is 17.5 Å². The number of rotatable bonds is 2. The first kappa shape index (κ1) is 11.2. The van der Waals surface area contributed by atoms with E-state index in [0.29, 0.717) is 0 Å². The number of allylic oxidation sites excluding steroid dienone is 1. The van der Waals surface area contributed by atoms with E-state index in [1.54, 1.807) is 13.0 Å². The van der Waals surface area contributed by atoms with E-state index >= 15 is 0 Å². The Bertz CT molecular complexity index is 175. The third-order valence-electron chi connectivity index (χ3n) is 1.82. The molecule has 0 aliphatic carbocycles. The molecule has 0 aliphatic rings. The van der Waals surface area contributed by atoms with E-state index in [1.165, 1.54) is 6.08 Å². The first-order valence-corrected chi connectivity index (χ1v) is 4.21. The predicted molar refractivity (Wildman–Crippen MR) is 49.8 cm³/mol. The van der Waals surface area contributed by atoms with E-state index < -0.39 is 0 Å². The van der Waals surface area contributed by atoms with E-state index in [4.69, 9.17) is 4.74 Å². The molecule has 0 spiro atoms. The minimum atomic E-state index is -0.264. The van der Waals surface area contributed by atoms with Crippen LogP contribution in [-0.2, 0) is 9.53 Å². The van der Waals surface area contributed by atoms with Crippen molar-refractivity contribution in [3.63, 3.8) is 0 Å². The Morgan fingerprint density at radius 3 is 2.25 bits per heavy atom. The average Bonchev–Trinajstić information content (AvgIpc) is 1.85. The lowest BCUT2D eigenvalue weighted by atomic mass is 9.90. The van der Waals surface area contributed by atoms with Crippen LogP contribution in [0.4, 0.5) is 0 Å². The van der Waals surface area contributed by atoms with Gasteiger partial charge in [-0.05, 0) is 19.3 Å². The van der Waals surface area contributed by atoms with Crippen LogP contribution in [0.1, 0.15) is 34.6 Å². The van der Waals surface area contributed by atoms with E-state index in [9.17, 15) is 4.79 Å². The lowest BCUT2D eigenvalue weighted by Crippen LogP contribution is -2.28. The molecule has 1 unspecified atom stereocenters. The van der Waals surface area contributed by atoms with Gasteiger partial charge in [0.05, 0.1) is 0 Å². The molecule has 12 heavy (non-hydrogen) atoms. The number of carbonyl (C=O) groups excluding carboxylic acids is 1. The molecular formula is C10H18O2. The fourth-order valence-electron chi connectivity index (χ4n) is 0.526. The number of hydrogen-bond acceptors (Lipinski definition) is 2. The minimum Gasteiger partial charge on any atom is -0.459 e. The molecule has 70 valence electrons. The van der Waals surface area contributed by atoms with Crippen LogP contribution in [-0.4, -0.2) is 12.1 Å². The van der Waals surface area contributed by atoms with Gasteiger partial charge in [0.15, 0.2) is 0 Å². The largest absolute Gasteiger partial charge is 0.459 e. The summed E-state index contributed by atoms with van der Waals surface area (Å²) in [5.41, 5.74) is 0.0112. The lowest BCUT2D eigenvalue weighted by molar-refractivity contribution is -0.147. The molecular weight excluding hydrogens is 152 g/mol. The Hall–Kier alpha value is -0.790. The summed E-state index contributed by atoms with van der Waals surface area (Å²) < 4.78 is 5.13. The summed E-state index contributed by atoms with van der Waals surface area (Å²) in [7, 11) is 0. The average molecular weight is 170 g/mol. The van der Waals surface area contributed by atoms with Gasteiger partial charge in [-0.1, -0.05) is 26.8 Å². The molecule has 0 aromatic rings. The Morgan fingerprint density at radius 1 is 1.42 bits per heavy atom. The van der Waals surface area contributed by atoms with Gasteiger partial charge in [0, 0.05) is 6.08 Å². The highest BCUT2D eigenvalue weighted by Gasteiger charge is 2.22. The van der Waals surface area contributed by atoms with Crippen LogP contribution >= 0.6 is 0 Å². The molecule has 0 bridgehead atoms. The van der Waals surface area contributed by atoms with Crippen molar-refractivity contribution >= 4 is 5.97 Å². The highest BCUT2D eigenvalue weighted by molar-refractivity contribution is 5.81. The van der Waals surface area contributed by atoms with Crippen LogP contribution in [0.3, 0.4) is 0 Å². The summed E-state index contributed by atoms with van der Waals surface area (Å²) in [5, 5.41) is 0. The van der Waals surface area contributed by atoms with Crippen LogP contribution in [0.5, 0.6) is 0 Å². The summed E-state index contributed by atoms with van der Waals surface area (Å²) in [6.07, 6.45) is 3.06. The molecule has 0 heterocycles. The molecule has 0 aromatic heterocycles. The Morgan fingerprint density at radius 2 is 1.92 bits per heavy atom. The fraction of sp³-hybridized carbons (Fsp3) is 0.700. The van der Waals surface area contributed by atoms with Crippen LogP contribution in [0.15, 0.2) is 12.2 Å². The number of ether oxygens (including phenoxy) is 1. The summed E-state index contributed by atoms with van der Waals surface area (Å²) in [5.74, 6) is -0.264. The summed E-state index contributed by atoms with van der Waals surface area (Å²) in [6, 6.07) is 0. The SMILES string of the molecule is C/C=C/C(=O)OC(C)C(C)(C)C.